The Labute approximate surface area is 223 Å². The number of fused-ring (bicyclic) bond motifs is 1. The summed E-state index contributed by atoms with van der Waals surface area (Å²) in [7, 11) is 0. The second-order valence-electron chi connectivity index (χ2n) is 11.7. The van der Waals surface area contributed by atoms with Crippen molar-refractivity contribution in [2.75, 3.05) is 0 Å². The van der Waals surface area contributed by atoms with E-state index in [9.17, 15) is 14.4 Å². The second-order valence-corrected chi connectivity index (χ2v) is 11.7. The Morgan fingerprint density at radius 2 is 1.34 bits per heavy atom. The van der Waals surface area contributed by atoms with E-state index < -0.39 is 52.8 Å². The van der Waals surface area contributed by atoms with Gasteiger partial charge in [0.15, 0.2) is 0 Å². The number of esters is 3. The summed E-state index contributed by atoms with van der Waals surface area (Å²) in [5, 5.41) is 0. The molecule has 0 radical (unpaired) electrons. The SMILES string of the molecule is CC(=O)O[C@H]1C[C@@H]2[C@@H](OC(=O)c3ccccc3)[C@]3(OC2(C)C)[C@H](C)CC[C@H](OC(=O)c2ccccc2)[C@@]13C. The molecule has 202 valence electrons. The molecule has 0 N–H and O–H groups in total. The lowest BCUT2D eigenvalue weighted by Gasteiger charge is -2.61. The highest BCUT2D eigenvalue weighted by molar-refractivity contribution is 5.90. The van der Waals surface area contributed by atoms with E-state index in [0.717, 1.165) is 0 Å². The molecule has 2 aromatic carbocycles. The summed E-state index contributed by atoms with van der Waals surface area (Å²) in [6, 6.07) is 17.8. The highest BCUT2D eigenvalue weighted by Crippen LogP contribution is 2.67. The molecule has 1 saturated heterocycles. The fourth-order valence-corrected chi connectivity index (χ4v) is 7.32. The summed E-state index contributed by atoms with van der Waals surface area (Å²) in [5.74, 6) is -1.56. The van der Waals surface area contributed by atoms with Gasteiger partial charge in [0.2, 0.25) is 0 Å². The average Bonchev–Trinajstić information content (AvgIpc) is 3.07. The summed E-state index contributed by atoms with van der Waals surface area (Å²) >= 11 is 0. The molecule has 1 aliphatic heterocycles. The van der Waals surface area contributed by atoms with Crippen molar-refractivity contribution in [2.24, 2.45) is 17.3 Å². The number of hydrogen-bond acceptors (Lipinski definition) is 7. The number of carbonyl (C=O) groups excluding carboxylic acids is 3. The molecule has 2 aromatic rings. The molecule has 2 bridgehead atoms. The van der Waals surface area contributed by atoms with Crippen molar-refractivity contribution in [3.05, 3.63) is 71.8 Å². The van der Waals surface area contributed by atoms with E-state index in [-0.39, 0.29) is 11.8 Å². The van der Waals surface area contributed by atoms with E-state index in [1.165, 1.54) is 6.92 Å². The lowest BCUT2D eigenvalue weighted by atomic mass is 9.49. The van der Waals surface area contributed by atoms with E-state index >= 15 is 0 Å². The first kappa shape index (κ1) is 26.4. The van der Waals surface area contributed by atoms with Crippen LogP contribution in [0, 0.1) is 17.3 Å². The van der Waals surface area contributed by atoms with Gasteiger partial charge in [-0.1, -0.05) is 43.3 Å². The van der Waals surface area contributed by atoms with Crippen LogP contribution in [0.5, 0.6) is 0 Å². The zero-order valence-corrected chi connectivity index (χ0v) is 22.6. The Balaban J connectivity index is 1.60. The Hall–Kier alpha value is -3.19. The molecule has 3 fully saturated rings. The number of carbonyl (C=O) groups is 3. The van der Waals surface area contributed by atoms with Gasteiger partial charge in [0.25, 0.3) is 0 Å². The molecular weight excluding hydrogens is 484 g/mol. The lowest BCUT2D eigenvalue weighted by molar-refractivity contribution is -0.282. The first-order chi connectivity index (χ1) is 18.0. The minimum absolute atomic E-state index is 0.0598. The minimum atomic E-state index is -1.04. The molecule has 0 unspecified atom stereocenters. The van der Waals surface area contributed by atoms with E-state index in [1.807, 2.05) is 32.9 Å². The van der Waals surface area contributed by atoms with Crippen LogP contribution in [-0.2, 0) is 23.7 Å². The lowest BCUT2D eigenvalue weighted by Crippen LogP contribution is -2.73. The zero-order valence-electron chi connectivity index (χ0n) is 22.6. The van der Waals surface area contributed by atoms with Gasteiger partial charge < -0.3 is 18.9 Å². The third-order valence-corrected chi connectivity index (χ3v) is 9.17. The molecular formula is C31H36O7. The predicted octanol–water partition coefficient (Wildman–Crippen LogP) is 5.37. The molecule has 38 heavy (non-hydrogen) atoms. The fraction of sp³-hybridized carbons (Fsp3) is 0.516. The topological polar surface area (TPSA) is 88.1 Å². The molecule has 1 heterocycles. The maximum atomic E-state index is 13.4. The summed E-state index contributed by atoms with van der Waals surface area (Å²) in [6.07, 6.45) is -0.140. The van der Waals surface area contributed by atoms with Gasteiger partial charge in [-0.05, 0) is 70.2 Å². The minimum Gasteiger partial charge on any atom is -0.462 e. The maximum absolute atomic E-state index is 13.4. The van der Waals surface area contributed by atoms with Crippen molar-refractivity contribution in [1.82, 2.24) is 0 Å². The van der Waals surface area contributed by atoms with Gasteiger partial charge in [-0.25, -0.2) is 9.59 Å². The van der Waals surface area contributed by atoms with Gasteiger partial charge in [-0.15, -0.1) is 0 Å². The van der Waals surface area contributed by atoms with E-state index in [0.29, 0.717) is 30.4 Å². The smallest absolute Gasteiger partial charge is 0.338 e. The van der Waals surface area contributed by atoms with Crippen molar-refractivity contribution in [2.45, 2.75) is 83.4 Å². The molecule has 2 aliphatic carbocycles. The molecule has 1 spiro atoms. The Morgan fingerprint density at radius 1 is 0.789 bits per heavy atom. The van der Waals surface area contributed by atoms with Gasteiger partial charge >= 0.3 is 17.9 Å². The first-order valence-electron chi connectivity index (χ1n) is 13.4. The number of rotatable bonds is 5. The van der Waals surface area contributed by atoms with Crippen LogP contribution in [0.4, 0.5) is 0 Å². The van der Waals surface area contributed by atoms with Crippen LogP contribution in [-0.4, -0.2) is 47.4 Å². The summed E-state index contributed by atoms with van der Waals surface area (Å²) in [4.78, 5) is 39.0. The molecule has 5 rings (SSSR count). The largest absolute Gasteiger partial charge is 0.462 e. The normalized spacial score (nSPS) is 35.0. The van der Waals surface area contributed by atoms with E-state index in [4.69, 9.17) is 18.9 Å². The summed E-state index contributed by atoms with van der Waals surface area (Å²) < 4.78 is 25.5. The Kier molecular flexibility index (Phi) is 6.62. The number of hydrogen-bond donors (Lipinski definition) is 0. The Bertz CT molecular complexity index is 1210. The van der Waals surface area contributed by atoms with Crippen molar-refractivity contribution in [3.63, 3.8) is 0 Å². The van der Waals surface area contributed by atoms with Gasteiger partial charge in [-0.2, -0.15) is 0 Å². The summed E-state index contributed by atoms with van der Waals surface area (Å²) in [5.41, 5.74) is -1.77. The first-order valence-corrected chi connectivity index (χ1v) is 13.4. The monoisotopic (exact) mass is 520 g/mol. The van der Waals surface area contributed by atoms with Crippen molar-refractivity contribution in [3.8, 4) is 0 Å². The van der Waals surface area contributed by atoms with Crippen LogP contribution in [0.15, 0.2) is 60.7 Å². The van der Waals surface area contributed by atoms with Crippen LogP contribution in [0.3, 0.4) is 0 Å². The average molecular weight is 521 g/mol. The standard InChI is InChI=1S/C31H36O7/c1-19-16-17-24(36-27(33)21-12-8-6-9-13-21)30(5)25(35-20(2)32)18-23-26(31(19,30)38-29(23,3)4)37-28(34)22-14-10-7-11-15-22/h6-15,19,23-26H,16-18H2,1-5H3/t19-,23-,24+,25+,26-,30+,31-/m1/s1. The van der Waals surface area contributed by atoms with Gasteiger partial charge in [-0.3, -0.25) is 4.79 Å². The van der Waals surface area contributed by atoms with Gasteiger partial charge in [0, 0.05) is 12.8 Å². The maximum Gasteiger partial charge on any atom is 0.338 e. The van der Waals surface area contributed by atoms with Crippen LogP contribution in [0.2, 0.25) is 0 Å². The quantitative estimate of drug-likeness (QED) is 0.387. The molecule has 7 atom stereocenters. The molecule has 0 aromatic heterocycles. The predicted molar refractivity (Wildman–Crippen MR) is 139 cm³/mol. The fourth-order valence-electron chi connectivity index (χ4n) is 7.32. The number of ether oxygens (including phenoxy) is 4. The molecule has 0 amide bonds. The third kappa shape index (κ3) is 4.03. The van der Waals surface area contributed by atoms with Crippen LogP contribution in [0.1, 0.15) is 74.6 Å². The Morgan fingerprint density at radius 3 is 1.89 bits per heavy atom. The van der Waals surface area contributed by atoms with Crippen LogP contribution < -0.4 is 0 Å². The van der Waals surface area contributed by atoms with E-state index in [1.54, 1.807) is 48.5 Å². The van der Waals surface area contributed by atoms with Crippen molar-refractivity contribution < 1.29 is 33.3 Å². The molecule has 7 nitrogen and oxygen atoms in total. The van der Waals surface area contributed by atoms with Gasteiger partial charge in [0.1, 0.15) is 23.9 Å². The zero-order chi connectivity index (χ0) is 27.3. The summed E-state index contributed by atoms with van der Waals surface area (Å²) in [6.45, 7) is 9.45. The highest BCUT2D eigenvalue weighted by Gasteiger charge is 2.79. The van der Waals surface area contributed by atoms with Crippen LogP contribution in [0.25, 0.3) is 0 Å². The van der Waals surface area contributed by atoms with Crippen molar-refractivity contribution >= 4 is 17.9 Å². The van der Waals surface area contributed by atoms with Crippen molar-refractivity contribution in [1.29, 1.82) is 0 Å². The number of benzene rings is 2. The molecule has 2 saturated carbocycles. The second kappa shape index (κ2) is 9.53. The van der Waals surface area contributed by atoms with Gasteiger partial charge in [0.05, 0.1) is 22.1 Å². The van der Waals surface area contributed by atoms with E-state index in [2.05, 4.69) is 6.92 Å². The molecule has 7 heteroatoms. The third-order valence-electron chi connectivity index (χ3n) is 9.17. The highest BCUT2D eigenvalue weighted by atomic mass is 16.6. The molecule has 3 aliphatic rings. The van der Waals surface area contributed by atoms with Crippen LogP contribution >= 0.6 is 0 Å².